The largest absolute Gasteiger partial charge is 0.336 e. The summed E-state index contributed by atoms with van der Waals surface area (Å²) in [4.78, 5) is 16.5. The van der Waals surface area contributed by atoms with Crippen molar-refractivity contribution in [2.45, 2.75) is 45.6 Å². The van der Waals surface area contributed by atoms with E-state index in [-0.39, 0.29) is 11.9 Å². The quantitative estimate of drug-likeness (QED) is 0.914. The molecule has 0 bridgehead atoms. The van der Waals surface area contributed by atoms with Gasteiger partial charge in [-0.15, -0.1) is 11.3 Å². The smallest absolute Gasteiger partial charge is 0.263 e. The van der Waals surface area contributed by atoms with Gasteiger partial charge in [0.15, 0.2) is 0 Å². The number of carbonyl (C=O) groups is 1. The van der Waals surface area contributed by atoms with E-state index < -0.39 is 0 Å². The van der Waals surface area contributed by atoms with Crippen molar-refractivity contribution in [2.75, 3.05) is 13.1 Å². The van der Waals surface area contributed by atoms with Crippen molar-refractivity contribution >= 4 is 17.2 Å². The number of amides is 1. The fourth-order valence-electron chi connectivity index (χ4n) is 2.49. The van der Waals surface area contributed by atoms with Crippen molar-refractivity contribution in [2.24, 2.45) is 5.73 Å². The Bertz CT molecular complexity index is 427. The van der Waals surface area contributed by atoms with E-state index in [2.05, 4.69) is 19.9 Å². The van der Waals surface area contributed by atoms with Gasteiger partial charge in [-0.3, -0.25) is 4.79 Å². The Balaban J connectivity index is 2.10. The molecule has 0 saturated carbocycles. The summed E-state index contributed by atoms with van der Waals surface area (Å²) in [5.41, 5.74) is 7.26. The topological polar surface area (TPSA) is 46.3 Å². The van der Waals surface area contributed by atoms with Gasteiger partial charge in [-0.05, 0) is 37.8 Å². The number of nitrogens with two attached hydrogens (primary N) is 1. The molecule has 0 aliphatic carbocycles. The van der Waals surface area contributed by atoms with Gasteiger partial charge in [-0.2, -0.15) is 0 Å². The predicted molar refractivity (Wildman–Crippen MR) is 76.2 cm³/mol. The summed E-state index contributed by atoms with van der Waals surface area (Å²) in [6, 6.07) is 2.23. The van der Waals surface area contributed by atoms with Crippen LogP contribution in [0, 0.1) is 6.92 Å². The van der Waals surface area contributed by atoms with Crippen LogP contribution in [0.5, 0.6) is 0 Å². The van der Waals surface area contributed by atoms with E-state index >= 15 is 0 Å². The summed E-state index contributed by atoms with van der Waals surface area (Å²) < 4.78 is 0. The highest BCUT2D eigenvalue weighted by Gasteiger charge is 2.23. The number of piperidine rings is 1. The van der Waals surface area contributed by atoms with Crippen LogP contribution in [-0.2, 0) is 6.42 Å². The van der Waals surface area contributed by atoms with E-state index in [9.17, 15) is 4.79 Å². The monoisotopic (exact) mass is 266 g/mol. The minimum absolute atomic E-state index is 0.152. The first-order valence-corrected chi connectivity index (χ1v) is 7.57. The Morgan fingerprint density at radius 1 is 1.61 bits per heavy atom. The van der Waals surface area contributed by atoms with E-state index in [1.54, 1.807) is 11.3 Å². The molecule has 0 spiro atoms. The second kappa shape index (κ2) is 5.85. The van der Waals surface area contributed by atoms with Crippen LogP contribution in [0.4, 0.5) is 0 Å². The molecule has 100 valence electrons. The third-order valence-electron chi connectivity index (χ3n) is 3.50. The third-order valence-corrected chi connectivity index (χ3v) is 4.58. The van der Waals surface area contributed by atoms with Gasteiger partial charge >= 0.3 is 0 Å². The number of hydrogen-bond donors (Lipinski definition) is 1. The molecule has 2 rings (SSSR count). The van der Waals surface area contributed by atoms with Gasteiger partial charge in [0.2, 0.25) is 0 Å². The van der Waals surface area contributed by atoms with Crippen molar-refractivity contribution < 1.29 is 4.79 Å². The molecule has 2 heterocycles. The van der Waals surface area contributed by atoms with Crippen LogP contribution in [0.1, 0.15) is 46.3 Å². The highest BCUT2D eigenvalue weighted by Crippen LogP contribution is 2.25. The van der Waals surface area contributed by atoms with Gasteiger partial charge < -0.3 is 10.6 Å². The average molecular weight is 266 g/mol. The zero-order chi connectivity index (χ0) is 13.1. The number of hydrogen-bond acceptors (Lipinski definition) is 3. The summed E-state index contributed by atoms with van der Waals surface area (Å²) >= 11 is 1.63. The number of carbonyl (C=O) groups excluding carboxylic acids is 1. The molecular formula is C14H22N2OS. The maximum absolute atomic E-state index is 12.4. The lowest BCUT2D eigenvalue weighted by molar-refractivity contribution is 0.0713. The van der Waals surface area contributed by atoms with Crippen LogP contribution in [0.3, 0.4) is 0 Å². The minimum atomic E-state index is 0.152. The molecule has 1 atom stereocenters. The molecule has 0 radical (unpaired) electrons. The summed E-state index contributed by atoms with van der Waals surface area (Å²) in [5, 5.41) is 0. The van der Waals surface area contributed by atoms with Crippen molar-refractivity contribution in [1.29, 1.82) is 0 Å². The maximum atomic E-state index is 12.4. The van der Waals surface area contributed by atoms with Crippen LogP contribution in [0.25, 0.3) is 0 Å². The lowest BCUT2D eigenvalue weighted by atomic mass is 10.1. The molecule has 1 saturated heterocycles. The van der Waals surface area contributed by atoms with Crippen LogP contribution in [0.2, 0.25) is 0 Å². The number of rotatable bonds is 3. The predicted octanol–water partition coefficient (Wildman–Crippen LogP) is 2.57. The zero-order valence-electron chi connectivity index (χ0n) is 11.2. The molecule has 18 heavy (non-hydrogen) atoms. The van der Waals surface area contributed by atoms with Crippen molar-refractivity contribution in [1.82, 2.24) is 4.90 Å². The standard InChI is InChI=1S/C14H22N2OS/c1-3-5-11-8-13(18-10(11)2)14(17)16-7-4-6-12(15)9-16/h8,12H,3-7,9,15H2,1-2H3. The van der Waals surface area contributed by atoms with Crippen molar-refractivity contribution in [3.63, 3.8) is 0 Å². The van der Waals surface area contributed by atoms with E-state index in [1.165, 1.54) is 10.4 Å². The fraction of sp³-hybridized carbons (Fsp3) is 0.643. The Hall–Kier alpha value is -0.870. The lowest BCUT2D eigenvalue weighted by Gasteiger charge is -2.30. The zero-order valence-corrected chi connectivity index (χ0v) is 12.1. The average Bonchev–Trinajstić information content (AvgIpc) is 2.71. The number of likely N-dealkylation sites (tertiary alicyclic amines) is 1. The SMILES string of the molecule is CCCc1cc(C(=O)N2CCCC(N)C2)sc1C. The van der Waals surface area contributed by atoms with Gasteiger partial charge in [-0.25, -0.2) is 0 Å². The van der Waals surface area contributed by atoms with E-state index in [1.807, 2.05) is 4.90 Å². The lowest BCUT2D eigenvalue weighted by Crippen LogP contribution is -2.45. The molecule has 1 amide bonds. The number of thiophene rings is 1. The Morgan fingerprint density at radius 2 is 2.39 bits per heavy atom. The van der Waals surface area contributed by atoms with Gasteiger partial charge in [0, 0.05) is 24.0 Å². The molecule has 4 heteroatoms. The fourth-order valence-corrected chi connectivity index (χ4v) is 3.53. The van der Waals surface area contributed by atoms with E-state index in [0.29, 0.717) is 6.54 Å². The highest BCUT2D eigenvalue weighted by atomic mass is 32.1. The first-order chi connectivity index (χ1) is 8.61. The normalized spacial score (nSPS) is 20.2. The Labute approximate surface area is 113 Å². The van der Waals surface area contributed by atoms with Crippen LogP contribution in [0.15, 0.2) is 6.07 Å². The summed E-state index contributed by atoms with van der Waals surface area (Å²) in [5.74, 6) is 0.167. The molecule has 0 aromatic carbocycles. The van der Waals surface area contributed by atoms with Crippen LogP contribution >= 0.6 is 11.3 Å². The molecule has 1 aromatic heterocycles. The first-order valence-electron chi connectivity index (χ1n) is 6.76. The van der Waals surface area contributed by atoms with E-state index in [0.717, 1.165) is 37.1 Å². The van der Waals surface area contributed by atoms with Gasteiger partial charge in [0.05, 0.1) is 4.88 Å². The van der Waals surface area contributed by atoms with Gasteiger partial charge in [0.1, 0.15) is 0 Å². The minimum Gasteiger partial charge on any atom is -0.336 e. The molecule has 1 unspecified atom stereocenters. The van der Waals surface area contributed by atoms with Crippen LogP contribution < -0.4 is 5.73 Å². The van der Waals surface area contributed by atoms with Crippen molar-refractivity contribution in [3.8, 4) is 0 Å². The summed E-state index contributed by atoms with van der Waals surface area (Å²) in [6.07, 6.45) is 4.25. The first kappa shape index (κ1) is 13.6. The second-order valence-electron chi connectivity index (χ2n) is 5.10. The molecule has 1 aliphatic heterocycles. The summed E-state index contributed by atoms with van der Waals surface area (Å²) in [6.45, 7) is 5.84. The third kappa shape index (κ3) is 2.93. The highest BCUT2D eigenvalue weighted by molar-refractivity contribution is 7.14. The second-order valence-corrected chi connectivity index (χ2v) is 6.35. The molecule has 3 nitrogen and oxygen atoms in total. The van der Waals surface area contributed by atoms with Crippen molar-refractivity contribution in [3.05, 3.63) is 21.4 Å². The Morgan fingerprint density at radius 3 is 3.06 bits per heavy atom. The summed E-state index contributed by atoms with van der Waals surface area (Å²) in [7, 11) is 0. The van der Waals surface area contributed by atoms with Crippen LogP contribution in [-0.4, -0.2) is 29.9 Å². The van der Waals surface area contributed by atoms with Gasteiger partial charge in [-0.1, -0.05) is 13.3 Å². The molecule has 2 N–H and O–H groups in total. The number of nitrogens with zero attached hydrogens (tertiary/aromatic N) is 1. The molecule has 1 aliphatic rings. The number of aryl methyl sites for hydroxylation is 2. The molecule has 1 fully saturated rings. The van der Waals surface area contributed by atoms with Gasteiger partial charge in [0.25, 0.3) is 5.91 Å². The molecule has 1 aromatic rings. The maximum Gasteiger partial charge on any atom is 0.263 e. The molecular weight excluding hydrogens is 244 g/mol. The van der Waals surface area contributed by atoms with E-state index in [4.69, 9.17) is 5.73 Å². The Kier molecular flexibility index (Phi) is 4.40.